The second-order valence-corrected chi connectivity index (χ2v) is 1.81. The lowest BCUT2D eigenvalue weighted by Crippen LogP contribution is -2.21. The summed E-state index contributed by atoms with van der Waals surface area (Å²) in [5, 5.41) is 16.6. The van der Waals surface area contributed by atoms with Crippen molar-refractivity contribution in [3.05, 3.63) is 0 Å². The lowest BCUT2D eigenvalue weighted by Gasteiger charge is -2.03. The van der Waals surface area contributed by atoms with Gasteiger partial charge >= 0.3 is 0 Å². The molecule has 10 heavy (non-hydrogen) atoms. The zero-order valence-electron chi connectivity index (χ0n) is 5.13. The van der Waals surface area contributed by atoms with Gasteiger partial charge in [0.1, 0.15) is 0 Å². The van der Waals surface area contributed by atoms with E-state index >= 15 is 0 Å². The molecule has 0 aromatic heterocycles. The average molecular weight is 154 g/mol. The van der Waals surface area contributed by atoms with Crippen molar-refractivity contribution in [2.45, 2.75) is 19.0 Å². The molecule has 0 spiro atoms. The molecular formula is C5H8F2O3. The third kappa shape index (κ3) is 3.47. The summed E-state index contributed by atoms with van der Waals surface area (Å²) in [7, 11) is 0. The van der Waals surface area contributed by atoms with Crippen LogP contribution in [0.4, 0.5) is 8.78 Å². The van der Waals surface area contributed by atoms with Gasteiger partial charge in [-0.15, -0.1) is 0 Å². The highest BCUT2D eigenvalue weighted by atomic mass is 19.3. The zero-order valence-corrected chi connectivity index (χ0v) is 5.13. The minimum Gasteiger partial charge on any atom is -0.394 e. The molecule has 0 heterocycles. The van der Waals surface area contributed by atoms with Crippen molar-refractivity contribution >= 4 is 5.78 Å². The van der Waals surface area contributed by atoms with Crippen LogP contribution in [0.3, 0.4) is 0 Å². The van der Waals surface area contributed by atoms with Crippen LogP contribution in [0.15, 0.2) is 0 Å². The van der Waals surface area contributed by atoms with Gasteiger partial charge in [-0.2, -0.15) is 0 Å². The van der Waals surface area contributed by atoms with Crippen LogP contribution in [0.2, 0.25) is 0 Å². The Hall–Kier alpha value is -0.550. The molecule has 0 aromatic carbocycles. The van der Waals surface area contributed by atoms with Crippen LogP contribution in [0.25, 0.3) is 0 Å². The second-order valence-electron chi connectivity index (χ2n) is 1.81. The topological polar surface area (TPSA) is 57.5 Å². The lowest BCUT2D eigenvalue weighted by molar-refractivity contribution is -0.132. The van der Waals surface area contributed by atoms with Crippen LogP contribution in [0.5, 0.6) is 0 Å². The minimum atomic E-state index is -3.05. The second kappa shape index (κ2) is 4.29. The van der Waals surface area contributed by atoms with Gasteiger partial charge in [-0.05, 0) is 0 Å². The van der Waals surface area contributed by atoms with Gasteiger partial charge < -0.3 is 10.2 Å². The van der Waals surface area contributed by atoms with E-state index in [1.807, 2.05) is 0 Å². The molecule has 3 nitrogen and oxygen atoms in total. The lowest BCUT2D eigenvalue weighted by atomic mass is 10.2. The Balaban J connectivity index is 3.57. The number of alkyl halides is 2. The van der Waals surface area contributed by atoms with Gasteiger partial charge in [0.05, 0.1) is 12.7 Å². The Labute approximate surface area is 56.3 Å². The highest BCUT2D eigenvalue weighted by Crippen LogP contribution is 2.00. The molecule has 1 atom stereocenters. The van der Waals surface area contributed by atoms with E-state index < -0.39 is 31.3 Å². The molecule has 0 saturated carbocycles. The maximum atomic E-state index is 11.4. The molecule has 0 fully saturated rings. The summed E-state index contributed by atoms with van der Waals surface area (Å²) in [6.45, 7) is -0.668. The van der Waals surface area contributed by atoms with E-state index in [-0.39, 0.29) is 0 Å². The largest absolute Gasteiger partial charge is 0.394 e. The number of aliphatic hydroxyl groups excluding tert-OH is 2. The monoisotopic (exact) mass is 154 g/mol. The first-order chi connectivity index (χ1) is 4.57. The van der Waals surface area contributed by atoms with Crippen molar-refractivity contribution < 1.29 is 23.8 Å². The number of aliphatic hydroxyl groups is 2. The maximum Gasteiger partial charge on any atom is 0.296 e. The number of halogens is 2. The highest BCUT2D eigenvalue weighted by Gasteiger charge is 2.18. The number of carbonyl (C=O) groups excluding carboxylic acids is 1. The Kier molecular flexibility index (Phi) is 4.06. The van der Waals surface area contributed by atoms with Crippen molar-refractivity contribution in [2.24, 2.45) is 0 Å². The van der Waals surface area contributed by atoms with Crippen molar-refractivity contribution in [1.82, 2.24) is 0 Å². The quantitative estimate of drug-likeness (QED) is 0.577. The molecule has 0 aromatic rings. The first kappa shape index (κ1) is 9.45. The summed E-state index contributed by atoms with van der Waals surface area (Å²) in [5.74, 6) is -1.35. The summed E-state index contributed by atoms with van der Waals surface area (Å²) in [6.07, 6.45) is -5.10. The van der Waals surface area contributed by atoms with E-state index in [1.54, 1.807) is 0 Å². The molecule has 0 aliphatic rings. The molecule has 2 N–H and O–H groups in total. The zero-order chi connectivity index (χ0) is 8.15. The number of carbonyl (C=O) groups is 1. The van der Waals surface area contributed by atoms with Crippen LogP contribution < -0.4 is 0 Å². The summed E-state index contributed by atoms with van der Waals surface area (Å²) >= 11 is 0. The van der Waals surface area contributed by atoms with Crippen LogP contribution in [-0.4, -0.2) is 35.1 Å². The molecule has 1 unspecified atom stereocenters. The van der Waals surface area contributed by atoms with Crippen LogP contribution >= 0.6 is 0 Å². The number of rotatable bonds is 4. The van der Waals surface area contributed by atoms with E-state index in [4.69, 9.17) is 10.2 Å². The predicted molar refractivity (Wildman–Crippen MR) is 28.7 cm³/mol. The molecular weight excluding hydrogens is 146 g/mol. The smallest absolute Gasteiger partial charge is 0.296 e. The molecule has 0 saturated heterocycles. The van der Waals surface area contributed by atoms with E-state index in [1.165, 1.54) is 0 Å². The third-order valence-electron chi connectivity index (χ3n) is 0.891. The first-order valence-electron chi connectivity index (χ1n) is 2.67. The van der Waals surface area contributed by atoms with E-state index in [0.717, 1.165) is 0 Å². The maximum absolute atomic E-state index is 11.4. The van der Waals surface area contributed by atoms with E-state index in [0.29, 0.717) is 0 Å². The van der Waals surface area contributed by atoms with E-state index in [2.05, 4.69) is 0 Å². The van der Waals surface area contributed by atoms with Gasteiger partial charge in [0.2, 0.25) is 5.78 Å². The fourth-order valence-corrected chi connectivity index (χ4v) is 0.386. The van der Waals surface area contributed by atoms with Crippen molar-refractivity contribution in [3.8, 4) is 0 Å². The summed E-state index contributed by atoms with van der Waals surface area (Å²) in [4.78, 5) is 10.1. The Morgan fingerprint density at radius 2 is 2.00 bits per heavy atom. The van der Waals surface area contributed by atoms with Crippen molar-refractivity contribution in [1.29, 1.82) is 0 Å². The predicted octanol–water partition coefficient (Wildman–Crippen LogP) is -0.436. The molecule has 0 bridgehead atoms. The SMILES string of the molecule is O=C(CC(O)CO)C(F)F. The summed E-state index contributed by atoms with van der Waals surface area (Å²) < 4.78 is 22.8. The number of hydrogen-bond acceptors (Lipinski definition) is 3. The molecule has 0 radical (unpaired) electrons. The normalized spacial score (nSPS) is 13.7. The summed E-state index contributed by atoms with van der Waals surface area (Å²) in [6, 6.07) is 0. The standard InChI is InChI=1S/C5H8F2O3/c6-5(7)4(10)1-3(9)2-8/h3,5,8-9H,1-2H2. The van der Waals surface area contributed by atoms with Gasteiger partial charge in [0.15, 0.2) is 0 Å². The molecule has 0 aliphatic carbocycles. The highest BCUT2D eigenvalue weighted by molar-refractivity contribution is 5.81. The van der Waals surface area contributed by atoms with Gasteiger partial charge in [-0.25, -0.2) is 8.78 Å². The van der Waals surface area contributed by atoms with Crippen LogP contribution in [0.1, 0.15) is 6.42 Å². The molecule has 5 heteroatoms. The number of ketones is 1. The van der Waals surface area contributed by atoms with Gasteiger partial charge in [-0.3, -0.25) is 4.79 Å². The number of Topliss-reactive ketones (excluding diaryl/α,β-unsaturated/α-hetero) is 1. The number of hydrogen-bond donors (Lipinski definition) is 2. The molecule has 0 aliphatic heterocycles. The van der Waals surface area contributed by atoms with Crippen molar-refractivity contribution in [2.75, 3.05) is 6.61 Å². The van der Waals surface area contributed by atoms with Crippen LogP contribution in [-0.2, 0) is 4.79 Å². The third-order valence-corrected chi connectivity index (χ3v) is 0.891. The molecule has 0 rings (SSSR count). The van der Waals surface area contributed by atoms with E-state index in [9.17, 15) is 13.6 Å². The van der Waals surface area contributed by atoms with Gasteiger partial charge in [-0.1, -0.05) is 0 Å². The Bertz CT molecular complexity index is 115. The molecule has 0 amide bonds. The van der Waals surface area contributed by atoms with Crippen molar-refractivity contribution in [3.63, 3.8) is 0 Å². The summed E-state index contributed by atoms with van der Waals surface area (Å²) in [5.41, 5.74) is 0. The fraction of sp³-hybridized carbons (Fsp3) is 0.800. The Morgan fingerprint density at radius 3 is 2.30 bits per heavy atom. The van der Waals surface area contributed by atoms with Gasteiger partial charge in [0.25, 0.3) is 6.43 Å². The molecule has 60 valence electrons. The van der Waals surface area contributed by atoms with Crippen LogP contribution in [0, 0.1) is 0 Å². The minimum absolute atomic E-state index is 0.668. The fourth-order valence-electron chi connectivity index (χ4n) is 0.386. The first-order valence-corrected chi connectivity index (χ1v) is 2.67. The Morgan fingerprint density at radius 1 is 1.50 bits per heavy atom. The average Bonchev–Trinajstić information content (AvgIpc) is 1.87. The van der Waals surface area contributed by atoms with Gasteiger partial charge in [0, 0.05) is 6.42 Å².